The topological polar surface area (TPSA) is 80.6 Å². The number of amides is 1. The van der Waals surface area contributed by atoms with E-state index in [1.165, 1.54) is 12.1 Å². The van der Waals surface area contributed by atoms with Gasteiger partial charge in [0, 0.05) is 23.5 Å². The number of hydrogen-bond donors (Lipinski definition) is 2. The van der Waals surface area contributed by atoms with Crippen LogP contribution in [-0.2, 0) is 35.4 Å². The predicted octanol–water partition coefficient (Wildman–Crippen LogP) is 4.13. The van der Waals surface area contributed by atoms with Gasteiger partial charge in [0.05, 0.1) is 17.6 Å². The van der Waals surface area contributed by atoms with Crippen LogP contribution in [0.4, 0.5) is 4.39 Å². The quantitative estimate of drug-likeness (QED) is 0.557. The van der Waals surface area contributed by atoms with Crippen molar-refractivity contribution < 1.29 is 23.8 Å². The SMILES string of the molecule is COc1cccc(CCC(=O)N[C@@H]2CCc3c(c4cc(F)cc(Cl)c4n3CC(=O)O)C2)c1. The Morgan fingerprint density at radius 2 is 2.12 bits per heavy atom. The zero-order chi connectivity index (χ0) is 22.8. The number of nitrogens with zero attached hydrogens (tertiary/aromatic N) is 1. The van der Waals surface area contributed by atoms with Crippen LogP contribution in [-0.4, -0.2) is 34.7 Å². The van der Waals surface area contributed by atoms with E-state index in [4.69, 9.17) is 16.3 Å². The third-order valence-corrected chi connectivity index (χ3v) is 6.20. The molecule has 2 aromatic carbocycles. The van der Waals surface area contributed by atoms with Gasteiger partial charge in [-0.25, -0.2) is 4.39 Å². The summed E-state index contributed by atoms with van der Waals surface area (Å²) in [6, 6.07) is 10.1. The van der Waals surface area contributed by atoms with E-state index >= 15 is 0 Å². The van der Waals surface area contributed by atoms with Crippen LogP contribution in [0.25, 0.3) is 10.9 Å². The smallest absolute Gasteiger partial charge is 0.323 e. The van der Waals surface area contributed by atoms with E-state index in [1.807, 2.05) is 24.3 Å². The summed E-state index contributed by atoms with van der Waals surface area (Å²) in [5.74, 6) is -0.758. The van der Waals surface area contributed by atoms with E-state index in [1.54, 1.807) is 11.7 Å². The number of methoxy groups -OCH3 is 1. The van der Waals surface area contributed by atoms with Gasteiger partial charge in [-0.1, -0.05) is 23.7 Å². The predicted molar refractivity (Wildman–Crippen MR) is 120 cm³/mol. The average molecular weight is 459 g/mol. The highest BCUT2D eigenvalue weighted by Crippen LogP contribution is 2.36. The Labute approximate surface area is 189 Å². The van der Waals surface area contributed by atoms with Gasteiger partial charge in [-0.2, -0.15) is 0 Å². The number of carboxylic acid groups (broad SMARTS) is 1. The highest BCUT2D eigenvalue weighted by Gasteiger charge is 2.28. The summed E-state index contributed by atoms with van der Waals surface area (Å²) in [6.07, 6.45) is 2.70. The molecule has 0 radical (unpaired) electrons. The molecule has 1 aromatic heterocycles. The van der Waals surface area contributed by atoms with Crippen LogP contribution in [0.5, 0.6) is 5.75 Å². The molecule has 8 heteroatoms. The van der Waals surface area contributed by atoms with Crippen molar-refractivity contribution in [2.75, 3.05) is 7.11 Å². The summed E-state index contributed by atoms with van der Waals surface area (Å²) >= 11 is 6.28. The summed E-state index contributed by atoms with van der Waals surface area (Å²) in [5, 5.41) is 13.2. The number of aromatic nitrogens is 1. The minimum absolute atomic E-state index is 0.0558. The number of carboxylic acids is 1. The van der Waals surface area contributed by atoms with Gasteiger partial charge in [0.1, 0.15) is 18.1 Å². The Morgan fingerprint density at radius 3 is 2.88 bits per heavy atom. The number of carbonyl (C=O) groups excluding carboxylic acids is 1. The Kier molecular flexibility index (Phi) is 6.37. The first-order chi connectivity index (χ1) is 15.4. The van der Waals surface area contributed by atoms with Gasteiger partial charge in [-0.05, 0) is 61.1 Å². The average Bonchev–Trinajstić information content (AvgIpc) is 3.05. The number of carbonyl (C=O) groups is 2. The van der Waals surface area contributed by atoms with E-state index in [0.29, 0.717) is 43.0 Å². The summed E-state index contributed by atoms with van der Waals surface area (Å²) in [6.45, 7) is -0.241. The molecule has 0 fully saturated rings. The van der Waals surface area contributed by atoms with Crippen LogP contribution in [0.15, 0.2) is 36.4 Å². The van der Waals surface area contributed by atoms with Gasteiger partial charge in [0.25, 0.3) is 0 Å². The molecule has 0 spiro atoms. The Bertz CT molecular complexity index is 1190. The van der Waals surface area contributed by atoms with E-state index in [9.17, 15) is 19.1 Å². The highest BCUT2D eigenvalue weighted by atomic mass is 35.5. The number of ether oxygens (including phenoxy) is 1. The van der Waals surface area contributed by atoms with E-state index in [-0.39, 0.29) is 23.5 Å². The van der Waals surface area contributed by atoms with Gasteiger partial charge in [0.2, 0.25) is 5.91 Å². The molecule has 1 atom stereocenters. The van der Waals surface area contributed by atoms with Gasteiger partial charge in [-0.15, -0.1) is 0 Å². The minimum Gasteiger partial charge on any atom is -0.497 e. The summed E-state index contributed by atoms with van der Waals surface area (Å²) in [7, 11) is 1.61. The largest absolute Gasteiger partial charge is 0.497 e. The third-order valence-electron chi connectivity index (χ3n) is 5.91. The molecule has 0 bridgehead atoms. The van der Waals surface area contributed by atoms with Gasteiger partial charge in [0.15, 0.2) is 0 Å². The maximum absolute atomic E-state index is 14.1. The highest BCUT2D eigenvalue weighted by molar-refractivity contribution is 6.35. The lowest BCUT2D eigenvalue weighted by atomic mass is 9.91. The molecule has 0 unspecified atom stereocenters. The fourth-order valence-electron chi connectivity index (χ4n) is 4.52. The third kappa shape index (κ3) is 4.58. The van der Waals surface area contributed by atoms with Crippen LogP contribution < -0.4 is 10.1 Å². The Balaban J connectivity index is 1.50. The first-order valence-electron chi connectivity index (χ1n) is 10.5. The van der Waals surface area contributed by atoms with Crippen molar-refractivity contribution in [3.05, 3.63) is 64.1 Å². The van der Waals surface area contributed by atoms with Crippen molar-refractivity contribution >= 4 is 34.4 Å². The van der Waals surface area contributed by atoms with E-state index < -0.39 is 11.8 Å². The maximum atomic E-state index is 14.1. The lowest BCUT2D eigenvalue weighted by Gasteiger charge is -2.25. The van der Waals surface area contributed by atoms with E-state index in [2.05, 4.69) is 5.32 Å². The molecule has 4 rings (SSSR count). The molecule has 3 aromatic rings. The van der Waals surface area contributed by atoms with Crippen LogP contribution in [0.3, 0.4) is 0 Å². The van der Waals surface area contributed by atoms with Gasteiger partial charge in [-0.3, -0.25) is 9.59 Å². The number of aliphatic carboxylic acids is 1. The second kappa shape index (κ2) is 9.20. The first kappa shape index (κ1) is 22.1. The molecule has 0 saturated carbocycles. The molecule has 0 saturated heterocycles. The molecule has 2 N–H and O–H groups in total. The molecule has 0 aliphatic heterocycles. The number of halogens is 2. The fraction of sp³-hybridized carbons (Fsp3) is 0.333. The second-order valence-electron chi connectivity index (χ2n) is 8.05. The molecule has 32 heavy (non-hydrogen) atoms. The van der Waals surface area contributed by atoms with Crippen molar-refractivity contribution in [3.63, 3.8) is 0 Å². The molecule has 1 amide bonds. The van der Waals surface area contributed by atoms with Crippen molar-refractivity contribution in [2.24, 2.45) is 0 Å². The molecular weight excluding hydrogens is 435 g/mol. The summed E-state index contributed by atoms with van der Waals surface area (Å²) < 4.78 is 21.0. The number of hydrogen-bond acceptors (Lipinski definition) is 3. The first-order valence-corrected chi connectivity index (χ1v) is 10.9. The van der Waals surface area contributed by atoms with Crippen LogP contribution >= 0.6 is 11.6 Å². The lowest BCUT2D eigenvalue weighted by molar-refractivity contribution is -0.137. The van der Waals surface area contributed by atoms with Gasteiger partial charge < -0.3 is 19.7 Å². The normalized spacial score (nSPS) is 15.4. The van der Waals surface area contributed by atoms with Gasteiger partial charge >= 0.3 is 5.97 Å². The Morgan fingerprint density at radius 1 is 1.31 bits per heavy atom. The van der Waals surface area contributed by atoms with Crippen LogP contribution in [0.2, 0.25) is 5.02 Å². The fourth-order valence-corrected chi connectivity index (χ4v) is 4.82. The lowest BCUT2D eigenvalue weighted by Crippen LogP contribution is -2.39. The molecule has 1 heterocycles. The summed E-state index contributed by atoms with van der Waals surface area (Å²) in [4.78, 5) is 24.0. The number of nitrogens with one attached hydrogen (secondary N) is 1. The molecule has 1 aliphatic rings. The molecule has 6 nitrogen and oxygen atoms in total. The summed E-state index contributed by atoms with van der Waals surface area (Å²) in [5.41, 5.74) is 3.25. The van der Waals surface area contributed by atoms with Crippen molar-refractivity contribution in [2.45, 2.75) is 44.7 Å². The standard InChI is InChI=1S/C24H24ClFN2O4/c1-32-17-4-2-3-14(9-17)5-8-22(29)27-16-6-7-21-18(12-16)19-10-15(26)11-20(25)24(19)28(21)13-23(30)31/h2-4,9-11,16H,5-8,12-13H2,1H3,(H,27,29)(H,30,31)/t16-/m1/s1. The van der Waals surface area contributed by atoms with Crippen LogP contribution in [0, 0.1) is 5.82 Å². The molecule has 1 aliphatic carbocycles. The van der Waals surface area contributed by atoms with Crippen LogP contribution in [0.1, 0.15) is 29.7 Å². The number of benzene rings is 2. The van der Waals surface area contributed by atoms with Crippen molar-refractivity contribution in [1.82, 2.24) is 9.88 Å². The van der Waals surface area contributed by atoms with Crippen molar-refractivity contribution in [3.8, 4) is 5.75 Å². The second-order valence-corrected chi connectivity index (χ2v) is 8.45. The number of rotatable bonds is 7. The van der Waals surface area contributed by atoms with Crippen molar-refractivity contribution in [1.29, 1.82) is 0 Å². The molecule has 168 valence electrons. The maximum Gasteiger partial charge on any atom is 0.323 e. The Hall–Kier alpha value is -3.06. The van der Waals surface area contributed by atoms with E-state index in [0.717, 1.165) is 22.6 Å². The molecular formula is C24H24ClFN2O4. The minimum atomic E-state index is -0.988. The monoisotopic (exact) mass is 458 g/mol. The zero-order valence-corrected chi connectivity index (χ0v) is 18.4. The number of fused-ring (bicyclic) bond motifs is 3. The zero-order valence-electron chi connectivity index (χ0n) is 17.7. The number of aryl methyl sites for hydroxylation is 1.